The number of hydrogen-bond acceptors (Lipinski definition) is 5. The minimum atomic E-state index is -4.07. The number of β-amino-alcohol motifs (C(OH)–C–C–N with tert-alkyl or cyclic N) is 1. The summed E-state index contributed by atoms with van der Waals surface area (Å²) in [6.07, 6.45) is -0.329. The zero-order chi connectivity index (χ0) is 18.1. The summed E-state index contributed by atoms with van der Waals surface area (Å²) in [6, 6.07) is 2.78. The molecule has 2 unspecified atom stereocenters. The Morgan fingerprint density at radius 1 is 1.38 bits per heavy atom. The van der Waals surface area contributed by atoms with Gasteiger partial charge in [0, 0.05) is 17.8 Å². The molecule has 2 atom stereocenters. The zero-order valence-electron chi connectivity index (χ0n) is 13.8. The van der Waals surface area contributed by atoms with Crippen LogP contribution in [0.5, 0.6) is 0 Å². The van der Waals surface area contributed by atoms with Crippen LogP contribution >= 0.6 is 0 Å². The Balaban J connectivity index is 2.21. The van der Waals surface area contributed by atoms with Crippen LogP contribution in [0.3, 0.4) is 0 Å². The molecule has 9 heteroatoms. The Morgan fingerprint density at radius 3 is 2.58 bits per heavy atom. The predicted molar refractivity (Wildman–Crippen MR) is 87.5 cm³/mol. The second kappa shape index (κ2) is 6.75. The van der Waals surface area contributed by atoms with Gasteiger partial charge in [0.1, 0.15) is 10.7 Å². The van der Waals surface area contributed by atoms with Crippen molar-refractivity contribution >= 4 is 21.6 Å². The number of nitrogens with one attached hydrogen (secondary N) is 3. The number of anilines is 1. The first kappa shape index (κ1) is 18.8. The summed E-state index contributed by atoms with van der Waals surface area (Å²) in [7, 11) is -4.07. The van der Waals surface area contributed by atoms with Crippen LogP contribution in [0.1, 0.15) is 27.2 Å². The van der Waals surface area contributed by atoms with E-state index in [-0.39, 0.29) is 12.1 Å². The SMILES string of the molecule is CC(C)(C)NS(=O)(=O)c1cc(NC(=O)C2CC(O)CN2)ccc1F. The number of rotatable bonds is 4. The Kier molecular flexibility index (Phi) is 5.28. The summed E-state index contributed by atoms with van der Waals surface area (Å²) in [5.74, 6) is -1.32. The number of carbonyl (C=O) groups excluding carboxylic acids is 1. The van der Waals surface area contributed by atoms with Gasteiger partial charge in [-0.05, 0) is 45.4 Å². The van der Waals surface area contributed by atoms with Gasteiger partial charge in [0.2, 0.25) is 15.9 Å². The van der Waals surface area contributed by atoms with E-state index in [1.54, 1.807) is 20.8 Å². The molecule has 0 bridgehead atoms. The Labute approximate surface area is 140 Å². The molecule has 1 fully saturated rings. The molecule has 7 nitrogen and oxygen atoms in total. The highest BCUT2D eigenvalue weighted by Gasteiger charge is 2.29. The standard InChI is InChI=1S/C15H22FN3O4S/c1-15(2,3)19-24(22,23)13-6-9(4-5-11(13)16)18-14(21)12-7-10(20)8-17-12/h4-6,10,12,17,19-20H,7-8H2,1-3H3,(H,18,21). The Hall–Kier alpha value is -1.55. The number of sulfonamides is 1. The Morgan fingerprint density at radius 2 is 2.04 bits per heavy atom. The highest BCUT2D eigenvalue weighted by Crippen LogP contribution is 2.21. The third kappa shape index (κ3) is 4.73. The van der Waals surface area contributed by atoms with Crippen LogP contribution in [0, 0.1) is 5.82 Å². The maximum atomic E-state index is 14.0. The number of amides is 1. The van der Waals surface area contributed by atoms with E-state index >= 15 is 0 Å². The first-order chi connectivity index (χ1) is 11.0. The molecule has 2 rings (SSSR count). The van der Waals surface area contributed by atoms with Crippen LogP contribution in [-0.4, -0.2) is 43.7 Å². The number of carbonyl (C=O) groups is 1. The molecule has 1 aliphatic heterocycles. The highest BCUT2D eigenvalue weighted by molar-refractivity contribution is 7.89. The van der Waals surface area contributed by atoms with E-state index in [0.717, 1.165) is 12.1 Å². The lowest BCUT2D eigenvalue weighted by Gasteiger charge is -2.21. The fourth-order valence-electron chi connectivity index (χ4n) is 2.39. The molecule has 0 aromatic heterocycles. The van der Waals surface area contributed by atoms with Gasteiger partial charge < -0.3 is 15.7 Å². The Bertz CT molecular complexity index is 731. The van der Waals surface area contributed by atoms with Crippen LogP contribution in [0.25, 0.3) is 0 Å². The first-order valence-electron chi connectivity index (χ1n) is 7.54. The van der Waals surface area contributed by atoms with Crippen molar-refractivity contribution in [3.8, 4) is 0 Å². The number of aliphatic hydroxyl groups is 1. The van der Waals surface area contributed by atoms with Crippen molar-refractivity contribution < 1.29 is 22.7 Å². The smallest absolute Gasteiger partial charge is 0.244 e. The summed E-state index contributed by atoms with van der Waals surface area (Å²) in [6.45, 7) is 5.25. The summed E-state index contributed by atoms with van der Waals surface area (Å²) in [5, 5.41) is 14.8. The van der Waals surface area contributed by atoms with Gasteiger partial charge in [-0.25, -0.2) is 17.5 Å². The molecule has 134 valence electrons. The van der Waals surface area contributed by atoms with Crippen LogP contribution in [0.4, 0.5) is 10.1 Å². The molecule has 1 aromatic rings. The molecule has 0 aliphatic carbocycles. The molecular weight excluding hydrogens is 337 g/mol. The lowest BCUT2D eigenvalue weighted by molar-refractivity contribution is -0.117. The zero-order valence-corrected chi connectivity index (χ0v) is 14.6. The third-order valence-electron chi connectivity index (χ3n) is 3.35. The first-order valence-corrected chi connectivity index (χ1v) is 9.02. The molecule has 1 aliphatic rings. The number of halogens is 1. The largest absolute Gasteiger partial charge is 0.392 e. The second-order valence-corrected chi connectivity index (χ2v) is 8.49. The molecular formula is C15H22FN3O4S. The quantitative estimate of drug-likeness (QED) is 0.628. The fourth-order valence-corrected chi connectivity index (χ4v) is 3.91. The molecule has 1 saturated heterocycles. The molecule has 0 saturated carbocycles. The maximum Gasteiger partial charge on any atom is 0.244 e. The van der Waals surface area contributed by atoms with E-state index in [2.05, 4.69) is 15.4 Å². The van der Waals surface area contributed by atoms with Crippen molar-refractivity contribution in [3.05, 3.63) is 24.0 Å². The van der Waals surface area contributed by atoms with Crippen molar-refractivity contribution in [2.24, 2.45) is 0 Å². The summed E-state index contributed by atoms with van der Waals surface area (Å²) < 4.78 is 40.9. The normalized spacial score (nSPS) is 21.7. The highest BCUT2D eigenvalue weighted by atomic mass is 32.2. The number of benzene rings is 1. The monoisotopic (exact) mass is 359 g/mol. The number of hydrogen-bond donors (Lipinski definition) is 4. The van der Waals surface area contributed by atoms with Crippen LogP contribution < -0.4 is 15.4 Å². The molecule has 1 amide bonds. The van der Waals surface area contributed by atoms with Crippen molar-refractivity contribution in [2.45, 2.75) is 49.8 Å². The minimum Gasteiger partial charge on any atom is -0.392 e. The number of aliphatic hydroxyl groups excluding tert-OH is 1. The van der Waals surface area contributed by atoms with Gasteiger partial charge in [0.25, 0.3) is 0 Å². The van der Waals surface area contributed by atoms with Gasteiger partial charge in [-0.2, -0.15) is 0 Å². The summed E-state index contributed by atoms with van der Waals surface area (Å²) >= 11 is 0. The van der Waals surface area contributed by atoms with Gasteiger partial charge in [0.05, 0.1) is 12.1 Å². The maximum absolute atomic E-state index is 14.0. The van der Waals surface area contributed by atoms with Crippen molar-refractivity contribution in [3.63, 3.8) is 0 Å². The second-order valence-electron chi connectivity index (χ2n) is 6.84. The van der Waals surface area contributed by atoms with E-state index in [0.29, 0.717) is 6.54 Å². The van der Waals surface area contributed by atoms with E-state index < -0.39 is 44.3 Å². The minimum absolute atomic E-state index is 0.166. The third-order valence-corrected chi connectivity index (χ3v) is 5.13. The molecule has 1 heterocycles. The molecule has 0 spiro atoms. The van der Waals surface area contributed by atoms with Crippen LogP contribution in [-0.2, 0) is 14.8 Å². The lowest BCUT2D eigenvalue weighted by atomic mass is 10.1. The average Bonchev–Trinajstić information content (AvgIpc) is 2.85. The van der Waals surface area contributed by atoms with Gasteiger partial charge >= 0.3 is 0 Å². The molecule has 24 heavy (non-hydrogen) atoms. The van der Waals surface area contributed by atoms with E-state index in [1.807, 2.05) is 0 Å². The molecule has 1 aromatic carbocycles. The fraction of sp³-hybridized carbons (Fsp3) is 0.533. The van der Waals surface area contributed by atoms with Gasteiger partial charge in [-0.15, -0.1) is 0 Å². The van der Waals surface area contributed by atoms with Crippen molar-refractivity contribution in [1.82, 2.24) is 10.0 Å². The van der Waals surface area contributed by atoms with Crippen molar-refractivity contribution in [2.75, 3.05) is 11.9 Å². The van der Waals surface area contributed by atoms with E-state index in [9.17, 15) is 22.7 Å². The van der Waals surface area contributed by atoms with Gasteiger partial charge in [0.15, 0.2) is 0 Å². The predicted octanol–water partition coefficient (Wildman–Crippen LogP) is 0.564. The summed E-state index contributed by atoms with van der Waals surface area (Å²) in [5.41, 5.74) is -0.604. The average molecular weight is 359 g/mol. The van der Waals surface area contributed by atoms with E-state index in [1.165, 1.54) is 6.07 Å². The van der Waals surface area contributed by atoms with Gasteiger partial charge in [-0.1, -0.05) is 0 Å². The van der Waals surface area contributed by atoms with Crippen LogP contribution in [0.2, 0.25) is 0 Å². The topological polar surface area (TPSA) is 108 Å². The van der Waals surface area contributed by atoms with Crippen molar-refractivity contribution in [1.29, 1.82) is 0 Å². The van der Waals surface area contributed by atoms with E-state index in [4.69, 9.17) is 0 Å². The summed E-state index contributed by atoms with van der Waals surface area (Å²) in [4.78, 5) is 11.6. The molecule has 4 N–H and O–H groups in total. The molecule has 0 radical (unpaired) electrons. The van der Waals surface area contributed by atoms with Crippen LogP contribution in [0.15, 0.2) is 23.1 Å². The lowest BCUT2D eigenvalue weighted by Crippen LogP contribution is -2.40. The van der Waals surface area contributed by atoms with Gasteiger partial charge in [-0.3, -0.25) is 4.79 Å².